The van der Waals surface area contributed by atoms with E-state index < -0.39 is 0 Å². The minimum atomic E-state index is -0.279. The lowest BCUT2D eigenvalue weighted by molar-refractivity contribution is -0.139. The first-order chi connectivity index (χ1) is 13.9. The van der Waals surface area contributed by atoms with Gasteiger partial charge in [-0.2, -0.15) is 0 Å². The molecular weight excluding hydrogens is 364 g/mol. The van der Waals surface area contributed by atoms with Crippen molar-refractivity contribution in [2.75, 3.05) is 0 Å². The van der Waals surface area contributed by atoms with Gasteiger partial charge in [0, 0.05) is 36.8 Å². The molecule has 0 bridgehead atoms. The molecule has 0 aromatic heterocycles. The van der Waals surface area contributed by atoms with Gasteiger partial charge in [0.25, 0.3) is 0 Å². The summed E-state index contributed by atoms with van der Waals surface area (Å²) in [4.78, 5) is 23.0. The molecule has 0 saturated carbocycles. The molecule has 0 aliphatic carbocycles. The highest BCUT2D eigenvalue weighted by Crippen LogP contribution is 2.28. The Morgan fingerprint density at radius 3 is 1.90 bits per heavy atom. The summed E-state index contributed by atoms with van der Waals surface area (Å²) in [5, 5.41) is 0. The van der Waals surface area contributed by atoms with E-state index in [9.17, 15) is 9.59 Å². The van der Waals surface area contributed by atoms with Gasteiger partial charge in [0.2, 0.25) is 0 Å². The predicted molar refractivity (Wildman–Crippen MR) is 111 cm³/mol. The van der Waals surface area contributed by atoms with Gasteiger partial charge in [-0.1, -0.05) is 55.6 Å². The molecule has 0 spiro atoms. The van der Waals surface area contributed by atoms with Crippen molar-refractivity contribution in [1.29, 1.82) is 0 Å². The average Bonchev–Trinajstić information content (AvgIpc) is 3.17. The largest absolute Gasteiger partial charge is 0.458 e. The van der Waals surface area contributed by atoms with E-state index in [2.05, 4.69) is 62.5 Å². The molecule has 2 aromatic carbocycles. The van der Waals surface area contributed by atoms with E-state index >= 15 is 0 Å². The summed E-state index contributed by atoms with van der Waals surface area (Å²) in [7, 11) is 0. The van der Waals surface area contributed by atoms with E-state index in [1.165, 1.54) is 11.1 Å². The maximum atomic E-state index is 11.5. The van der Waals surface area contributed by atoms with Gasteiger partial charge >= 0.3 is 11.9 Å². The summed E-state index contributed by atoms with van der Waals surface area (Å²) in [6, 6.07) is 14.7. The first-order valence-corrected chi connectivity index (χ1v) is 9.85. The van der Waals surface area contributed by atoms with Gasteiger partial charge in [-0.3, -0.25) is 0 Å². The van der Waals surface area contributed by atoms with E-state index in [0.717, 1.165) is 16.7 Å². The Bertz CT molecular complexity index is 968. The molecule has 0 N–H and O–H groups in total. The molecule has 29 heavy (non-hydrogen) atoms. The molecule has 2 atom stereocenters. The molecule has 4 nitrogen and oxygen atoms in total. The third kappa shape index (κ3) is 4.16. The van der Waals surface area contributed by atoms with Crippen molar-refractivity contribution in [1.82, 2.24) is 0 Å². The van der Waals surface area contributed by atoms with E-state index in [1.807, 2.05) is 0 Å². The van der Waals surface area contributed by atoms with Crippen LogP contribution < -0.4 is 0 Å². The number of hydrogen-bond donors (Lipinski definition) is 0. The lowest BCUT2D eigenvalue weighted by Crippen LogP contribution is -2.11. The Kier molecular flexibility index (Phi) is 5.10. The van der Waals surface area contributed by atoms with Gasteiger partial charge in [0.1, 0.15) is 12.2 Å². The van der Waals surface area contributed by atoms with Gasteiger partial charge in [0.05, 0.1) is 0 Å². The first kappa shape index (κ1) is 19.2. The number of carbonyl (C=O) groups excluding carboxylic acids is 2. The number of aryl methyl sites for hydroxylation is 1. The van der Waals surface area contributed by atoms with Crippen LogP contribution in [-0.2, 0) is 31.9 Å². The number of benzene rings is 2. The number of cyclic esters (lactones) is 2. The third-order valence-corrected chi connectivity index (χ3v) is 5.61. The second-order valence-electron chi connectivity index (χ2n) is 7.92. The Hall–Kier alpha value is -3.14. The zero-order chi connectivity index (χ0) is 20.5. The molecule has 2 heterocycles. The standard InChI is InChI=1S/C25H24O4/c1-15-10-21(9-8-20(15)14-23-12-17(3)25(27)29-23)19-6-4-18(5-7-19)13-22-11-16(2)24(26)28-22/h4-10,22-23H,2-3,11-14H2,1H3. The van der Waals surface area contributed by atoms with Crippen LogP contribution in [0.15, 0.2) is 66.8 Å². The number of hydrogen-bond acceptors (Lipinski definition) is 4. The Balaban J connectivity index is 1.42. The number of ether oxygens (including phenoxy) is 2. The zero-order valence-electron chi connectivity index (χ0n) is 16.6. The van der Waals surface area contributed by atoms with E-state index in [4.69, 9.17) is 9.47 Å². The monoisotopic (exact) mass is 388 g/mol. The first-order valence-electron chi connectivity index (χ1n) is 9.85. The Morgan fingerprint density at radius 2 is 1.38 bits per heavy atom. The summed E-state index contributed by atoms with van der Waals surface area (Å²) in [5.41, 5.74) is 6.89. The van der Waals surface area contributed by atoms with Crippen molar-refractivity contribution >= 4 is 11.9 Å². The van der Waals surface area contributed by atoms with Gasteiger partial charge in [-0.25, -0.2) is 9.59 Å². The predicted octanol–water partition coefficient (Wildman–Crippen LogP) is 4.49. The van der Waals surface area contributed by atoms with Gasteiger partial charge in [0.15, 0.2) is 0 Å². The maximum Gasteiger partial charge on any atom is 0.333 e. The average molecular weight is 388 g/mol. The van der Waals surface area contributed by atoms with E-state index in [0.29, 0.717) is 36.8 Å². The number of rotatable bonds is 5. The van der Waals surface area contributed by atoms with Crippen LogP contribution >= 0.6 is 0 Å². The highest BCUT2D eigenvalue weighted by molar-refractivity contribution is 5.90. The highest BCUT2D eigenvalue weighted by Gasteiger charge is 2.28. The molecule has 2 aliphatic heterocycles. The molecule has 2 saturated heterocycles. The van der Waals surface area contributed by atoms with Crippen molar-refractivity contribution in [2.24, 2.45) is 0 Å². The topological polar surface area (TPSA) is 52.6 Å². The summed E-state index contributed by atoms with van der Waals surface area (Å²) >= 11 is 0. The fraction of sp³-hybridized carbons (Fsp3) is 0.280. The van der Waals surface area contributed by atoms with Crippen LogP contribution in [0.3, 0.4) is 0 Å². The molecule has 4 rings (SSSR count). The molecule has 148 valence electrons. The molecule has 0 radical (unpaired) electrons. The van der Waals surface area contributed by atoms with Crippen LogP contribution in [0, 0.1) is 6.92 Å². The van der Waals surface area contributed by atoms with Crippen LogP contribution in [0.25, 0.3) is 11.1 Å². The lowest BCUT2D eigenvalue weighted by atomic mass is 9.95. The highest BCUT2D eigenvalue weighted by atomic mass is 16.6. The van der Waals surface area contributed by atoms with E-state index in [1.54, 1.807) is 0 Å². The fourth-order valence-electron chi connectivity index (χ4n) is 3.94. The van der Waals surface area contributed by atoms with Crippen LogP contribution in [0.1, 0.15) is 29.5 Å². The molecule has 0 amide bonds. The number of esters is 2. The van der Waals surface area contributed by atoms with Gasteiger partial charge in [-0.15, -0.1) is 0 Å². The van der Waals surface area contributed by atoms with Crippen molar-refractivity contribution in [3.63, 3.8) is 0 Å². The quantitative estimate of drug-likeness (QED) is 0.559. The maximum absolute atomic E-state index is 11.5. The summed E-state index contributed by atoms with van der Waals surface area (Å²) in [5.74, 6) is -0.556. The van der Waals surface area contributed by atoms with Crippen LogP contribution in [-0.4, -0.2) is 24.1 Å². The van der Waals surface area contributed by atoms with Gasteiger partial charge in [-0.05, 0) is 34.7 Å². The number of carbonyl (C=O) groups is 2. The zero-order valence-corrected chi connectivity index (χ0v) is 16.6. The van der Waals surface area contributed by atoms with Crippen molar-refractivity contribution in [2.45, 2.75) is 44.8 Å². The Morgan fingerprint density at radius 1 is 0.828 bits per heavy atom. The normalized spacial score (nSPS) is 21.4. The van der Waals surface area contributed by atoms with Crippen LogP contribution in [0.5, 0.6) is 0 Å². The fourth-order valence-corrected chi connectivity index (χ4v) is 3.94. The van der Waals surface area contributed by atoms with Crippen molar-refractivity contribution < 1.29 is 19.1 Å². The molecule has 2 aliphatic rings. The summed E-state index contributed by atoms with van der Waals surface area (Å²) in [6.45, 7) is 9.56. The molecule has 4 heteroatoms. The second-order valence-corrected chi connectivity index (χ2v) is 7.92. The minimum absolute atomic E-state index is 0.108. The van der Waals surface area contributed by atoms with Crippen molar-refractivity contribution in [3.8, 4) is 11.1 Å². The second kappa shape index (κ2) is 7.70. The molecule has 2 fully saturated rings. The minimum Gasteiger partial charge on any atom is -0.458 e. The summed E-state index contributed by atoms with van der Waals surface area (Å²) in [6.07, 6.45) is 2.40. The third-order valence-electron chi connectivity index (χ3n) is 5.61. The lowest BCUT2D eigenvalue weighted by Gasteiger charge is -2.13. The van der Waals surface area contributed by atoms with Crippen molar-refractivity contribution in [3.05, 3.63) is 83.5 Å². The summed E-state index contributed by atoms with van der Waals surface area (Å²) < 4.78 is 10.7. The Labute approximate surface area is 170 Å². The smallest absolute Gasteiger partial charge is 0.333 e. The van der Waals surface area contributed by atoms with Gasteiger partial charge < -0.3 is 9.47 Å². The molecule has 2 unspecified atom stereocenters. The van der Waals surface area contributed by atoms with Crippen LogP contribution in [0.2, 0.25) is 0 Å². The SMILES string of the molecule is C=C1CC(Cc2ccc(-c3ccc(CC4CC(=C)C(=O)O4)c(C)c3)cc2)OC1=O. The molecule has 2 aromatic rings. The molecular formula is C25H24O4. The van der Waals surface area contributed by atoms with Crippen LogP contribution in [0.4, 0.5) is 0 Å². The van der Waals surface area contributed by atoms with E-state index in [-0.39, 0.29) is 24.1 Å².